The molecular formula is C40H46O10. The molecule has 2 aliphatic rings. The number of rotatable bonds is 15. The van der Waals surface area contributed by atoms with Crippen LogP contribution in [0.4, 0.5) is 0 Å². The van der Waals surface area contributed by atoms with Crippen LogP contribution in [-0.4, -0.2) is 83.3 Å². The zero-order valence-corrected chi connectivity index (χ0v) is 28.1. The van der Waals surface area contributed by atoms with E-state index in [2.05, 4.69) is 0 Å². The van der Waals surface area contributed by atoms with E-state index in [4.69, 9.17) is 33.2 Å². The van der Waals surface area contributed by atoms with Crippen LogP contribution >= 0.6 is 0 Å². The summed E-state index contributed by atoms with van der Waals surface area (Å²) in [5.41, 5.74) is 3.70. The Morgan fingerprint density at radius 2 is 0.940 bits per heavy atom. The third-order valence-corrected chi connectivity index (χ3v) is 8.93. The minimum Gasteiger partial charge on any atom is -0.387 e. The molecule has 0 radical (unpaired) electrons. The number of aliphatic hydroxyl groups excluding tert-OH is 3. The van der Waals surface area contributed by atoms with E-state index in [0.29, 0.717) is 6.61 Å². The second kappa shape index (κ2) is 18.1. The van der Waals surface area contributed by atoms with Gasteiger partial charge in [0.15, 0.2) is 12.6 Å². The van der Waals surface area contributed by atoms with Gasteiger partial charge in [-0.2, -0.15) is 0 Å². The van der Waals surface area contributed by atoms with Crippen molar-refractivity contribution >= 4 is 0 Å². The Balaban J connectivity index is 1.22. The molecule has 0 aromatic heterocycles. The van der Waals surface area contributed by atoms with Crippen molar-refractivity contribution in [2.45, 2.75) is 94.8 Å². The number of hydrogen-bond acceptors (Lipinski definition) is 10. The lowest BCUT2D eigenvalue weighted by atomic mass is 9.96. The molecule has 50 heavy (non-hydrogen) atoms. The number of benzene rings is 4. The van der Waals surface area contributed by atoms with E-state index < -0.39 is 61.4 Å². The largest absolute Gasteiger partial charge is 0.387 e. The summed E-state index contributed by atoms with van der Waals surface area (Å²) in [6, 6.07) is 38.5. The lowest BCUT2D eigenvalue weighted by Crippen LogP contribution is -2.65. The Labute approximate surface area is 293 Å². The average Bonchev–Trinajstić information content (AvgIpc) is 3.14. The van der Waals surface area contributed by atoms with Crippen LogP contribution in [-0.2, 0) is 59.6 Å². The van der Waals surface area contributed by atoms with Gasteiger partial charge in [-0.3, -0.25) is 0 Å². The van der Waals surface area contributed by atoms with Crippen LogP contribution in [0.3, 0.4) is 0 Å². The van der Waals surface area contributed by atoms with Crippen LogP contribution < -0.4 is 0 Å². The van der Waals surface area contributed by atoms with Gasteiger partial charge in [-0.1, -0.05) is 121 Å². The number of hydrogen-bond donors (Lipinski definition) is 3. The van der Waals surface area contributed by atoms with Gasteiger partial charge in [0.2, 0.25) is 0 Å². The molecule has 0 bridgehead atoms. The monoisotopic (exact) mass is 686 g/mol. The molecule has 0 spiro atoms. The third-order valence-electron chi connectivity index (χ3n) is 8.93. The molecule has 0 unspecified atom stereocenters. The first-order valence-corrected chi connectivity index (χ1v) is 17.0. The van der Waals surface area contributed by atoms with Crippen molar-refractivity contribution < 1.29 is 48.5 Å². The molecule has 2 saturated heterocycles. The van der Waals surface area contributed by atoms with Crippen LogP contribution in [0.5, 0.6) is 0 Å². The summed E-state index contributed by atoms with van der Waals surface area (Å²) in [5, 5.41) is 34.2. The normalized spacial score (nSPS) is 29.8. The Morgan fingerprint density at radius 3 is 1.44 bits per heavy atom. The van der Waals surface area contributed by atoms with Crippen molar-refractivity contribution in [2.24, 2.45) is 0 Å². The van der Waals surface area contributed by atoms with Gasteiger partial charge in [-0.25, -0.2) is 0 Å². The van der Waals surface area contributed by atoms with Crippen molar-refractivity contribution in [1.29, 1.82) is 0 Å². The number of ether oxygens (including phenoxy) is 7. The van der Waals surface area contributed by atoms with E-state index in [1.54, 1.807) is 6.92 Å². The zero-order valence-electron chi connectivity index (χ0n) is 28.1. The molecule has 0 aliphatic carbocycles. The second-order valence-electron chi connectivity index (χ2n) is 12.6. The Bertz CT molecular complexity index is 1470. The molecular weight excluding hydrogens is 640 g/mol. The first-order chi connectivity index (χ1) is 24.5. The van der Waals surface area contributed by atoms with E-state index in [1.807, 2.05) is 121 Å². The maximum atomic E-state index is 11.5. The van der Waals surface area contributed by atoms with Gasteiger partial charge in [0.1, 0.15) is 42.7 Å². The Morgan fingerprint density at radius 1 is 0.500 bits per heavy atom. The van der Waals surface area contributed by atoms with Gasteiger partial charge < -0.3 is 48.5 Å². The molecule has 10 heteroatoms. The summed E-state index contributed by atoms with van der Waals surface area (Å²) in [5.74, 6) is 0. The second-order valence-corrected chi connectivity index (χ2v) is 12.6. The Kier molecular flexibility index (Phi) is 13.1. The van der Waals surface area contributed by atoms with Gasteiger partial charge in [0.05, 0.1) is 39.1 Å². The summed E-state index contributed by atoms with van der Waals surface area (Å²) in [6.45, 7) is 2.73. The van der Waals surface area contributed by atoms with Crippen molar-refractivity contribution in [3.8, 4) is 0 Å². The summed E-state index contributed by atoms with van der Waals surface area (Å²) >= 11 is 0. The van der Waals surface area contributed by atoms with Gasteiger partial charge >= 0.3 is 0 Å². The van der Waals surface area contributed by atoms with E-state index in [-0.39, 0.29) is 26.4 Å². The molecule has 10 atom stereocenters. The van der Waals surface area contributed by atoms with E-state index >= 15 is 0 Å². The SMILES string of the molecule is C[C@@H]1O[C@@H](O)[C@H](OCc2ccccc2)[C@H](O[C@H]2O[C@H](COCc3ccccc3)[C@H](OCc3ccccc3)[C@H](O)[C@H]2O)[C@H]1OCc1ccccc1. The highest BCUT2D eigenvalue weighted by atomic mass is 16.7. The van der Waals surface area contributed by atoms with E-state index in [0.717, 1.165) is 22.3 Å². The van der Waals surface area contributed by atoms with Crippen molar-refractivity contribution in [1.82, 2.24) is 0 Å². The smallest absolute Gasteiger partial charge is 0.187 e. The maximum absolute atomic E-state index is 11.5. The maximum Gasteiger partial charge on any atom is 0.187 e. The molecule has 6 rings (SSSR count). The van der Waals surface area contributed by atoms with Gasteiger partial charge in [-0.05, 0) is 29.2 Å². The van der Waals surface area contributed by atoms with Crippen LogP contribution in [0.2, 0.25) is 0 Å². The zero-order chi connectivity index (χ0) is 34.7. The third kappa shape index (κ3) is 9.62. The fourth-order valence-electron chi connectivity index (χ4n) is 6.23. The predicted octanol–water partition coefficient (Wildman–Crippen LogP) is 4.53. The topological polar surface area (TPSA) is 125 Å². The standard InChI is InChI=1S/C40H46O10/c1-27-35(45-23-29-16-8-3-9-17-29)37(38(39(43)48-27)47-25-31-20-12-5-13-21-31)50-40-34(42)33(41)36(46-24-30-18-10-4-11-19-30)32(49-40)26-44-22-28-14-6-2-7-15-28/h2-21,27,32-43H,22-26H2,1H3/t27-,32+,33+,34+,35-,36-,37+,38+,39+,40+/m0/s1. The fourth-order valence-corrected chi connectivity index (χ4v) is 6.23. The van der Waals surface area contributed by atoms with Crippen molar-refractivity contribution in [3.63, 3.8) is 0 Å². The van der Waals surface area contributed by atoms with E-state index in [9.17, 15) is 15.3 Å². The molecule has 3 N–H and O–H groups in total. The average molecular weight is 687 g/mol. The molecule has 10 nitrogen and oxygen atoms in total. The van der Waals surface area contributed by atoms with Crippen molar-refractivity contribution in [2.75, 3.05) is 6.61 Å². The highest BCUT2D eigenvalue weighted by Gasteiger charge is 2.52. The minimum absolute atomic E-state index is 0.0483. The molecule has 0 saturated carbocycles. The highest BCUT2D eigenvalue weighted by Crippen LogP contribution is 2.33. The van der Waals surface area contributed by atoms with Crippen LogP contribution in [0.1, 0.15) is 29.2 Å². The molecule has 266 valence electrons. The lowest BCUT2D eigenvalue weighted by Gasteiger charge is -2.47. The molecule has 2 heterocycles. The van der Waals surface area contributed by atoms with Gasteiger partial charge in [-0.15, -0.1) is 0 Å². The molecule has 4 aromatic carbocycles. The number of aliphatic hydroxyl groups is 3. The minimum atomic E-state index is -1.51. The molecule has 4 aromatic rings. The van der Waals surface area contributed by atoms with Crippen LogP contribution in [0, 0.1) is 0 Å². The summed E-state index contributed by atoms with van der Waals surface area (Å²) in [7, 11) is 0. The van der Waals surface area contributed by atoms with Crippen LogP contribution in [0.15, 0.2) is 121 Å². The van der Waals surface area contributed by atoms with Gasteiger partial charge in [0.25, 0.3) is 0 Å². The molecule has 0 amide bonds. The predicted molar refractivity (Wildman–Crippen MR) is 183 cm³/mol. The van der Waals surface area contributed by atoms with Crippen LogP contribution in [0.25, 0.3) is 0 Å². The van der Waals surface area contributed by atoms with E-state index in [1.165, 1.54) is 0 Å². The quantitative estimate of drug-likeness (QED) is 0.164. The fraction of sp³-hybridized carbons (Fsp3) is 0.400. The Hall–Kier alpha value is -3.52. The van der Waals surface area contributed by atoms with Crippen molar-refractivity contribution in [3.05, 3.63) is 144 Å². The molecule has 2 aliphatic heterocycles. The van der Waals surface area contributed by atoms with Gasteiger partial charge in [0, 0.05) is 0 Å². The highest BCUT2D eigenvalue weighted by molar-refractivity contribution is 5.16. The first kappa shape index (κ1) is 36.3. The first-order valence-electron chi connectivity index (χ1n) is 17.0. The summed E-state index contributed by atoms with van der Waals surface area (Å²) in [6.07, 6.45) is -10.7. The summed E-state index contributed by atoms with van der Waals surface area (Å²) < 4.78 is 43.7. The summed E-state index contributed by atoms with van der Waals surface area (Å²) in [4.78, 5) is 0. The molecule has 2 fully saturated rings. The lowest BCUT2D eigenvalue weighted by molar-refractivity contribution is -0.365.